The molecule has 0 unspecified atom stereocenters. The van der Waals surface area contributed by atoms with E-state index >= 15 is 0 Å². The van der Waals surface area contributed by atoms with Crippen LogP contribution in [0.25, 0.3) is 11.4 Å². The van der Waals surface area contributed by atoms with Crippen molar-refractivity contribution in [1.82, 2.24) is 40.8 Å². The molecule has 0 spiro atoms. The number of ether oxygens (including phenoxy) is 1. The Morgan fingerprint density at radius 3 is 2.38 bits per heavy atom. The number of tetrazole rings is 2. The molecule has 6 rings (SSSR count). The standard InChI is InChI=1S/C31H30F3N11O3/c1-44-40-27(37-43-44)25-17-23(13-16-26(25)48-31(32,33)34)35-30(47)45(24-14-11-21(12-15-24)20-5-3-2-4-6-20)18-19-7-9-22(10-8-19)28(46)36-29-38-41-42-39-29/h7-17,20H,2-6,18H2,1H3,(H,35,47)(H2,36,38,39,41,42,46). The topological polar surface area (TPSA) is 169 Å². The van der Waals surface area contributed by atoms with Crippen molar-refractivity contribution >= 4 is 29.3 Å². The molecule has 3 aromatic carbocycles. The van der Waals surface area contributed by atoms with Crippen molar-refractivity contribution in [2.45, 2.75) is 50.9 Å². The van der Waals surface area contributed by atoms with Gasteiger partial charge in [0, 0.05) is 16.9 Å². The Kier molecular flexibility index (Phi) is 9.26. The lowest BCUT2D eigenvalue weighted by Gasteiger charge is -2.26. The minimum Gasteiger partial charge on any atom is -0.405 e. The number of amides is 3. The lowest BCUT2D eigenvalue weighted by Crippen LogP contribution is -2.34. The van der Waals surface area contributed by atoms with Crippen molar-refractivity contribution in [3.63, 3.8) is 0 Å². The van der Waals surface area contributed by atoms with Crippen LogP contribution in [-0.2, 0) is 13.6 Å². The molecule has 17 heteroatoms. The smallest absolute Gasteiger partial charge is 0.405 e. The number of hydrogen-bond donors (Lipinski definition) is 3. The Balaban J connectivity index is 1.26. The average Bonchev–Trinajstić information content (AvgIpc) is 3.76. The van der Waals surface area contributed by atoms with Gasteiger partial charge in [-0.15, -0.1) is 28.5 Å². The van der Waals surface area contributed by atoms with Crippen molar-refractivity contribution in [2.75, 3.05) is 15.5 Å². The van der Waals surface area contributed by atoms with Crippen molar-refractivity contribution in [1.29, 1.82) is 0 Å². The van der Waals surface area contributed by atoms with Gasteiger partial charge in [0.05, 0.1) is 19.2 Å². The van der Waals surface area contributed by atoms with E-state index < -0.39 is 24.1 Å². The second kappa shape index (κ2) is 13.9. The average molecular weight is 662 g/mol. The maximum absolute atomic E-state index is 13.9. The van der Waals surface area contributed by atoms with Gasteiger partial charge in [-0.3, -0.25) is 15.0 Å². The van der Waals surface area contributed by atoms with Crippen LogP contribution in [0.3, 0.4) is 0 Å². The first-order valence-electron chi connectivity index (χ1n) is 15.1. The minimum absolute atomic E-state index is 0.0276. The van der Waals surface area contributed by atoms with E-state index in [0.29, 0.717) is 22.7 Å². The van der Waals surface area contributed by atoms with E-state index in [1.165, 1.54) is 48.9 Å². The first kappa shape index (κ1) is 32.1. The number of benzene rings is 3. The number of hydrogen-bond acceptors (Lipinski definition) is 9. The molecular formula is C31H30F3N11O3. The Bertz CT molecular complexity index is 1860. The second-order valence-electron chi connectivity index (χ2n) is 11.2. The number of alkyl halides is 3. The number of aryl methyl sites for hydroxylation is 1. The number of aromatic nitrogens is 8. The molecule has 0 saturated heterocycles. The summed E-state index contributed by atoms with van der Waals surface area (Å²) < 4.78 is 43.7. The minimum atomic E-state index is -4.97. The van der Waals surface area contributed by atoms with Gasteiger partial charge in [-0.2, -0.15) is 10.0 Å². The molecule has 0 aliphatic heterocycles. The molecular weight excluding hydrogens is 631 g/mol. The zero-order valence-electron chi connectivity index (χ0n) is 25.6. The van der Waals surface area contributed by atoms with Crippen molar-refractivity contribution in [3.05, 3.63) is 83.4 Å². The molecule has 5 aromatic rings. The molecule has 1 fully saturated rings. The summed E-state index contributed by atoms with van der Waals surface area (Å²) in [6.07, 6.45) is 0.871. The molecule has 0 atom stereocenters. The molecule has 3 amide bonds. The number of nitrogens with zero attached hydrogens (tertiary/aromatic N) is 8. The number of carbonyl (C=O) groups is 2. The molecule has 48 heavy (non-hydrogen) atoms. The van der Waals surface area contributed by atoms with Crippen LogP contribution < -0.4 is 20.3 Å². The van der Waals surface area contributed by atoms with Crippen LogP contribution in [-0.4, -0.2) is 59.1 Å². The van der Waals surface area contributed by atoms with Gasteiger partial charge in [0.25, 0.3) is 11.9 Å². The molecule has 2 aromatic heterocycles. The molecule has 1 saturated carbocycles. The summed E-state index contributed by atoms with van der Waals surface area (Å²) in [5, 5.41) is 29.9. The third-order valence-corrected chi connectivity index (χ3v) is 7.86. The summed E-state index contributed by atoms with van der Waals surface area (Å²) in [4.78, 5) is 29.1. The molecule has 248 valence electrons. The summed E-state index contributed by atoms with van der Waals surface area (Å²) in [5.41, 5.74) is 2.90. The molecule has 0 bridgehead atoms. The molecule has 1 aliphatic carbocycles. The summed E-state index contributed by atoms with van der Waals surface area (Å²) in [6.45, 7) is 0.106. The van der Waals surface area contributed by atoms with Crippen LogP contribution in [0.2, 0.25) is 0 Å². The van der Waals surface area contributed by atoms with E-state index in [1.54, 1.807) is 24.3 Å². The van der Waals surface area contributed by atoms with E-state index in [4.69, 9.17) is 0 Å². The van der Waals surface area contributed by atoms with Crippen molar-refractivity contribution in [2.24, 2.45) is 7.05 Å². The zero-order valence-corrected chi connectivity index (χ0v) is 25.6. The Labute approximate surface area is 271 Å². The van der Waals surface area contributed by atoms with E-state index in [-0.39, 0.29) is 29.6 Å². The third-order valence-electron chi connectivity index (χ3n) is 7.86. The lowest BCUT2D eigenvalue weighted by atomic mass is 9.84. The summed E-state index contributed by atoms with van der Waals surface area (Å²) in [7, 11) is 1.47. The van der Waals surface area contributed by atoms with Crippen LogP contribution in [0.1, 0.15) is 59.5 Å². The highest BCUT2D eigenvalue weighted by molar-refractivity contribution is 6.03. The normalized spacial score (nSPS) is 13.6. The van der Waals surface area contributed by atoms with Crippen LogP contribution >= 0.6 is 0 Å². The van der Waals surface area contributed by atoms with Gasteiger partial charge < -0.3 is 10.1 Å². The quantitative estimate of drug-likeness (QED) is 0.176. The predicted molar refractivity (Wildman–Crippen MR) is 167 cm³/mol. The fourth-order valence-corrected chi connectivity index (χ4v) is 5.55. The lowest BCUT2D eigenvalue weighted by molar-refractivity contribution is -0.274. The molecule has 1 aliphatic rings. The van der Waals surface area contributed by atoms with Crippen molar-refractivity contribution < 1.29 is 27.5 Å². The van der Waals surface area contributed by atoms with Gasteiger partial charge in [-0.25, -0.2) is 4.79 Å². The summed E-state index contributed by atoms with van der Waals surface area (Å²) in [6, 6.07) is 17.5. The zero-order chi connectivity index (χ0) is 33.7. The van der Waals surface area contributed by atoms with E-state index in [2.05, 4.69) is 51.4 Å². The second-order valence-corrected chi connectivity index (χ2v) is 11.2. The third kappa shape index (κ3) is 7.91. The Morgan fingerprint density at radius 2 is 1.73 bits per heavy atom. The Morgan fingerprint density at radius 1 is 0.979 bits per heavy atom. The number of anilines is 3. The number of urea groups is 1. The number of rotatable bonds is 9. The fourth-order valence-electron chi connectivity index (χ4n) is 5.55. The maximum Gasteiger partial charge on any atom is 0.573 e. The highest BCUT2D eigenvalue weighted by atomic mass is 19.4. The highest BCUT2D eigenvalue weighted by Gasteiger charge is 2.33. The summed E-state index contributed by atoms with van der Waals surface area (Å²) >= 11 is 0. The van der Waals surface area contributed by atoms with Gasteiger partial charge in [0.1, 0.15) is 5.75 Å². The van der Waals surface area contributed by atoms with Gasteiger partial charge in [-0.1, -0.05) is 48.6 Å². The molecule has 3 N–H and O–H groups in total. The van der Waals surface area contributed by atoms with E-state index in [9.17, 15) is 22.8 Å². The van der Waals surface area contributed by atoms with Crippen LogP contribution in [0.5, 0.6) is 5.75 Å². The molecule has 14 nitrogen and oxygen atoms in total. The monoisotopic (exact) mass is 661 g/mol. The largest absolute Gasteiger partial charge is 0.573 e. The van der Waals surface area contributed by atoms with Gasteiger partial charge in [0.2, 0.25) is 5.82 Å². The van der Waals surface area contributed by atoms with Crippen LogP contribution in [0.4, 0.5) is 35.3 Å². The molecule has 0 radical (unpaired) electrons. The maximum atomic E-state index is 13.9. The van der Waals surface area contributed by atoms with E-state index in [0.717, 1.165) is 23.7 Å². The fraction of sp³-hybridized carbons (Fsp3) is 0.290. The highest BCUT2D eigenvalue weighted by Crippen LogP contribution is 2.36. The Hall–Kier alpha value is -5.87. The van der Waals surface area contributed by atoms with Crippen molar-refractivity contribution in [3.8, 4) is 17.1 Å². The summed E-state index contributed by atoms with van der Waals surface area (Å²) in [5.74, 6) is -0.618. The number of carbonyl (C=O) groups excluding carboxylic acids is 2. The number of aromatic amines is 1. The number of H-pyrrole nitrogens is 1. The van der Waals surface area contributed by atoms with Gasteiger partial charge in [0.15, 0.2) is 0 Å². The number of halogens is 3. The SMILES string of the molecule is Cn1nnc(-c2cc(NC(=O)N(Cc3ccc(C(=O)Nc4nn[nH]n4)cc3)c3ccc(C4CCCCC4)cc3)ccc2OC(F)(F)F)n1. The first-order valence-corrected chi connectivity index (χ1v) is 15.1. The van der Waals surface area contributed by atoms with E-state index in [1.807, 2.05) is 24.3 Å². The van der Waals surface area contributed by atoms with Gasteiger partial charge in [-0.05, 0) is 82.8 Å². The predicted octanol–water partition coefficient (Wildman–Crippen LogP) is 5.83. The van der Waals surface area contributed by atoms with Gasteiger partial charge >= 0.3 is 12.4 Å². The van der Waals surface area contributed by atoms with Crippen LogP contribution in [0, 0.1) is 0 Å². The van der Waals surface area contributed by atoms with Crippen LogP contribution in [0.15, 0.2) is 66.7 Å². The number of nitrogens with one attached hydrogen (secondary N) is 3. The molecule has 2 heterocycles. The first-order chi connectivity index (χ1) is 23.1.